The van der Waals surface area contributed by atoms with Gasteiger partial charge in [0, 0.05) is 95.6 Å². The number of hydrogen-bond donors (Lipinski definition) is 2. The van der Waals surface area contributed by atoms with Gasteiger partial charge in [0.2, 0.25) is 0 Å². The van der Waals surface area contributed by atoms with E-state index >= 15 is 0 Å². The summed E-state index contributed by atoms with van der Waals surface area (Å²) in [6.07, 6.45) is 7.73. The van der Waals surface area contributed by atoms with Crippen molar-refractivity contribution >= 4 is 106 Å². The van der Waals surface area contributed by atoms with Gasteiger partial charge in [-0.1, -0.05) is 48.5 Å². The Labute approximate surface area is 355 Å². The van der Waals surface area contributed by atoms with Gasteiger partial charge in [-0.15, -0.1) is 0 Å². The Morgan fingerprint density at radius 3 is 1.68 bits per heavy atom. The molecule has 0 amide bonds. The molecule has 0 bridgehead atoms. The molecule has 0 saturated heterocycles. The summed E-state index contributed by atoms with van der Waals surface area (Å²) in [5.74, 6) is 0. The molecule has 0 aliphatic heterocycles. The zero-order chi connectivity index (χ0) is 37.0. The van der Waals surface area contributed by atoms with E-state index in [2.05, 4.69) is 0 Å². The third kappa shape index (κ3) is 11.7. The van der Waals surface area contributed by atoms with Crippen LogP contribution in [0, 0.1) is 0 Å². The van der Waals surface area contributed by atoms with E-state index in [9.17, 15) is 38.9 Å². The van der Waals surface area contributed by atoms with Gasteiger partial charge >= 0.3 is 0 Å². The van der Waals surface area contributed by atoms with Gasteiger partial charge in [0.05, 0.1) is 14.7 Å². The van der Waals surface area contributed by atoms with Crippen LogP contribution >= 0.6 is 0 Å². The van der Waals surface area contributed by atoms with E-state index in [-0.39, 0.29) is 73.8 Å². The van der Waals surface area contributed by atoms with Crippen molar-refractivity contribution < 1.29 is 43.5 Å². The maximum absolute atomic E-state index is 11.8. The predicted molar refractivity (Wildman–Crippen MR) is 205 cm³/mol. The average molecular weight is 795 g/mol. The third-order valence-electron chi connectivity index (χ3n) is 8.38. The number of nitrogens with zero attached hydrogens (tertiary/aromatic N) is 2. The first kappa shape index (κ1) is 44.7. The topological polar surface area (TPSA) is 172 Å². The van der Waals surface area contributed by atoms with Crippen molar-refractivity contribution in [3.05, 3.63) is 149 Å². The minimum absolute atomic E-state index is 0. The molecular formula is C37H36N2Na2O9S3. The molecule has 0 spiro atoms. The first-order valence-electron chi connectivity index (χ1n) is 15.8. The van der Waals surface area contributed by atoms with Gasteiger partial charge in [-0.05, 0) is 102 Å². The van der Waals surface area contributed by atoms with Crippen molar-refractivity contribution in [1.29, 1.82) is 0 Å². The van der Waals surface area contributed by atoms with E-state index in [1.165, 1.54) is 42.5 Å². The fraction of sp³-hybridized carbons (Fsp3) is 0.162. The molecule has 0 aromatic heterocycles. The summed E-state index contributed by atoms with van der Waals surface area (Å²) < 4.78 is 103. The molecule has 0 atom stereocenters. The fourth-order valence-electron chi connectivity index (χ4n) is 5.79. The number of hydrogen-bond acceptors (Lipinski definition) is 8. The molecule has 53 heavy (non-hydrogen) atoms. The summed E-state index contributed by atoms with van der Waals surface area (Å²) in [5.41, 5.74) is 6.19. The molecule has 0 heterocycles. The van der Waals surface area contributed by atoms with Crippen molar-refractivity contribution in [2.45, 2.75) is 41.6 Å². The van der Waals surface area contributed by atoms with Crippen LogP contribution in [-0.4, -0.2) is 121 Å². The molecule has 5 rings (SSSR count). The summed E-state index contributed by atoms with van der Waals surface area (Å²) >= 11 is 0. The van der Waals surface area contributed by atoms with Gasteiger partial charge in [-0.25, -0.2) is 13.0 Å². The van der Waals surface area contributed by atoms with Gasteiger partial charge in [-0.3, -0.25) is 9.11 Å². The van der Waals surface area contributed by atoms with Crippen LogP contribution in [0.15, 0.2) is 142 Å². The third-order valence-corrected chi connectivity index (χ3v) is 10.9. The Morgan fingerprint density at radius 1 is 0.660 bits per heavy atom. The summed E-state index contributed by atoms with van der Waals surface area (Å²) in [6, 6.07) is 25.7. The zero-order valence-corrected chi connectivity index (χ0v) is 36.2. The van der Waals surface area contributed by atoms with Crippen molar-refractivity contribution in [3.63, 3.8) is 0 Å². The fourth-order valence-corrected chi connectivity index (χ4v) is 7.36. The molecule has 2 radical (unpaired) electrons. The molecule has 11 nitrogen and oxygen atoms in total. The standard InChI is InChI=1S/C37H36N2O9S3.2Na/c1-3-38(25-27-7-5-9-35(23-27)50(43,44)45)32-17-11-29(12-18-32)37(31-15-21-34(22-16-31)49(40,41)42)30-13-19-33(20-14-30)39(4-2)26-28-8-6-10-36(24-28)51(46,47)48;;/h5-24H,3-4,25-26H2,1-2H3,(H2-,40,41,42,43,44,45,46,47,48);;. The Bertz CT molecular complexity index is 2390. The molecule has 16 heteroatoms. The van der Waals surface area contributed by atoms with Crippen LogP contribution < -0.4 is 4.90 Å². The van der Waals surface area contributed by atoms with Crippen LogP contribution in [0.4, 0.5) is 5.69 Å². The van der Waals surface area contributed by atoms with E-state index in [0.29, 0.717) is 42.9 Å². The predicted octanol–water partition coefficient (Wildman–Crippen LogP) is 4.95. The SMILES string of the molecule is CCN(Cc1cccc(S(=O)(=O)[O-])c1)c1ccc(C(=C2C=CC(=[N+](CC)Cc3cccc(S(=O)(=O)O)c3)C=C2)c2ccc(S(=O)(=O)O)cc2)cc1.[Na].[Na]. The second kappa shape index (κ2) is 18.8. The summed E-state index contributed by atoms with van der Waals surface area (Å²) in [4.78, 5) is 1.33. The van der Waals surface area contributed by atoms with E-state index in [4.69, 9.17) is 0 Å². The van der Waals surface area contributed by atoms with Crippen LogP contribution in [0.2, 0.25) is 0 Å². The molecular weight excluding hydrogens is 759 g/mol. The van der Waals surface area contributed by atoms with Crippen LogP contribution in [0.25, 0.3) is 5.57 Å². The summed E-state index contributed by atoms with van der Waals surface area (Å²) in [7, 11) is -13.3. The smallest absolute Gasteiger partial charge is 0.294 e. The molecule has 1 aliphatic rings. The molecule has 0 saturated carbocycles. The van der Waals surface area contributed by atoms with Crippen LogP contribution in [0.1, 0.15) is 36.1 Å². The van der Waals surface area contributed by atoms with Gasteiger partial charge in [0.1, 0.15) is 16.7 Å². The zero-order valence-electron chi connectivity index (χ0n) is 29.7. The van der Waals surface area contributed by atoms with Gasteiger partial charge in [0.15, 0.2) is 12.3 Å². The van der Waals surface area contributed by atoms with Crippen molar-refractivity contribution in [1.82, 2.24) is 0 Å². The second-order valence-electron chi connectivity index (χ2n) is 11.7. The molecule has 0 fully saturated rings. The largest absolute Gasteiger partial charge is 0.744 e. The molecule has 0 unspecified atom stereocenters. The second-order valence-corrected chi connectivity index (χ2v) is 15.9. The minimum atomic E-state index is -4.59. The first-order chi connectivity index (χ1) is 24.1. The Kier molecular flexibility index (Phi) is 15.8. The van der Waals surface area contributed by atoms with Crippen LogP contribution in [0.5, 0.6) is 0 Å². The summed E-state index contributed by atoms with van der Waals surface area (Å²) in [5, 5.41) is 0. The Balaban J connectivity index is 0.00000378. The minimum Gasteiger partial charge on any atom is -0.744 e. The maximum Gasteiger partial charge on any atom is 0.294 e. The van der Waals surface area contributed by atoms with E-state index < -0.39 is 30.4 Å². The molecule has 4 aromatic carbocycles. The molecule has 268 valence electrons. The monoisotopic (exact) mass is 794 g/mol. The van der Waals surface area contributed by atoms with Gasteiger partial charge in [-0.2, -0.15) is 16.8 Å². The molecule has 1 aliphatic carbocycles. The number of benzene rings is 4. The number of anilines is 1. The Morgan fingerprint density at radius 2 is 1.17 bits per heavy atom. The van der Waals surface area contributed by atoms with Crippen molar-refractivity contribution in [2.24, 2.45) is 0 Å². The average Bonchev–Trinajstić information content (AvgIpc) is 3.10. The summed E-state index contributed by atoms with van der Waals surface area (Å²) in [6.45, 7) is 5.88. The first-order valence-corrected chi connectivity index (χ1v) is 20.1. The van der Waals surface area contributed by atoms with Crippen molar-refractivity contribution in [3.8, 4) is 0 Å². The number of rotatable bonds is 12. The number of allylic oxidation sites excluding steroid dienone is 5. The molecule has 4 aromatic rings. The van der Waals surface area contributed by atoms with Gasteiger partial charge in [0.25, 0.3) is 20.2 Å². The van der Waals surface area contributed by atoms with Crippen LogP contribution in [0.3, 0.4) is 0 Å². The quantitative estimate of drug-likeness (QED) is 0.114. The normalized spacial score (nSPS) is 12.8. The van der Waals surface area contributed by atoms with E-state index in [0.717, 1.165) is 28.1 Å². The van der Waals surface area contributed by atoms with Gasteiger partial charge < -0.3 is 9.45 Å². The Hall–Kier alpha value is -2.70. The van der Waals surface area contributed by atoms with Crippen LogP contribution in [-0.2, 0) is 43.4 Å². The van der Waals surface area contributed by atoms with E-state index in [1.807, 2.05) is 71.9 Å². The van der Waals surface area contributed by atoms with Crippen molar-refractivity contribution in [2.75, 3.05) is 18.0 Å². The molecule has 2 N–H and O–H groups in total. The van der Waals surface area contributed by atoms with E-state index in [1.54, 1.807) is 30.3 Å². The maximum atomic E-state index is 11.8.